The first-order valence-electron chi connectivity index (χ1n) is 6.62. The molecule has 0 aliphatic carbocycles. The Balaban J connectivity index is 1.69. The zero-order chi connectivity index (χ0) is 14.8. The number of halogens is 2. The number of nitrogens with zero attached hydrogens (tertiary/aromatic N) is 2. The van der Waals surface area contributed by atoms with Gasteiger partial charge in [-0.2, -0.15) is 0 Å². The molecule has 0 bridgehead atoms. The number of fused-ring (bicyclic) bond motifs is 1. The summed E-state index contributed by atoms with van der Waals surface area (Å²) >= 11 is 13.8. The van der Waals surface area contributed by atoms with Gasteiger partial charge in [-0.3, -0.25) is 4.90 Å². The Hall–Kier alpha value is -0.790. The van der Waals surface area contributed by atoms with E-state index in [9.17, 15) is 0 Å². The van der Waals surface area contributed by atoms with E-state index in [0.717, 1.165) is 37.5 Å². The maximum absolute atomic E-state index is 6.25. The van der Waals surface area contributed by atoms with Gasteiger partial charge in [-0.05, 0) is 0 Å². The number of anilines is 1. The van der Waals surface area contributed by atoms with E-state index >= 15 is 0 Å². The van der Waals surface area contributed by atoms with Gasteiger partial charge in [0.05, 0.1) is 28.5 Å². The highest BCUT2D eigenvalue weighted by Crippen LogP contribution is 2.41. The second kappa shape index (κ2) is 6.54. The van der Waals surface area contributed by atoms with Crippen molar-refractivity contribution in [1.29, 1.82) is 0 Å². The first-order chi connectivity index (χ1) is 10.1. The van der Waals surface area contributed by atoms with Crippen LogP contribution in [0.25, 0.3) is 10.2 Å². The van der Waals surface area contributed by atoms with Crippen LogP contribution >= 0.6 is 34.5 Å². The molecule has 114 valence electrons. The molecule has 8 heteroatoms. The van der Waals surface area contributed by atoms with E-state index in [1.165, 1.54) is 11.3 Å². The fourth-order valence-corrected chi connectivity index (χ4v) is 3.53. The van der Waals surface area contributed by atoms with Crippen molar-refractivity contribution in [3.8, 4) is 5.75 Å². The standard InChI is InChI=1S/C13H15Cl2N3O2S/c14-10-9(20-6-3-18-1-4-19-5-2-18)7-8-12(11(10)15)21-13(16)17-8/h7H,1-6H2,(H2,16,17). The minimum atomic E-state index is 0.412. The molecule has 1 aromatic heterocycles. The Kier molecular flexibility index (Phi) is 4.71. The number of benzene rings is 1. The fourth-order valence-electron chi connectivity index (χ4n) is 2.21. The Morgan fingerprint density at radius 3 is 2.86 bits per heavy atom. The second-order valence-electron chi connectivity index (χ2n) is 4.71. The molecular weight excluding hydrogens is 333 g/mol. The van der Waals surface area contributed by atoms with Crippen molar-refractivity contribution in [1.82, 2.24) is 9.88 Å². The third kappa shape index (κ3) is 3.35. The summed E-state index contributed by atoms with van der Waals surface area (Å²) in [5.74, 6) is 0.549. The van der Waals surface area contributed by atoms with Crippen molar-refractivity contribution in [3.05, 3.63) is 16.1 Å². The van der Waals surface area contributed by atoms with Crippen LogP contribution in [0.5, 0.6) is 5.75 Å². The second-order valence-corrected chi connectivity index (χ2v) is 6.49. The molecule has 1 fully saturated rings. The number of hydrogen-bond donors (Lipinski definition) is 1. The van der Waals surface area contributed by atoms with Crippen LogP contribution in [-0.4, -0.2) is 49.3 Å². The number of nitrogen functional groups attached to an aromatic ring is 1. The van der Waals surface area contributed by atoms with E-state index in [1.807, 2.05) is 0 Å². The molecule has 3 rings (SSSR count). The summed E-state index contributed by atoms with van der Waals surface area (Å²) in [6, 6.07) is 1.79. The van der Waals surface area contributed by atoms with Gasteiger partial charge in [0.2, 0.25) is 0 Å². The van der Waals surface area contributed by atoms with Crippen molar-refractivity contribution in [2.45, 2.75) is 0 Å². The molecule has 0 spiro atoms. The Morgan fingerprint density at radius 2 is 2.10 bits per heavy atom. The summed E-state index contributed by atoms with van der Waals surface area (Å²) in [4.78, 5) is 6.51. The van der Waals surface area contributed by atoms with Crippen LogP contribution in [0.15, 0.2) is 6.07 Å². The first kappa shape index (κ1) is 15.1. The summed E-state index contributed by atoms with van der Waals surface area (Å²) in [6.07, 6.45) is 0. The fraction of sp³-hybridized carbons (Fsp3) is 0.462. The summed E-state index contributed by atoms with van der Waals surface area (Å²) in [7, 11) is 0. The molecule has 5 nitrogen and oxygen atoms in total. The smallest absolute Gasteiger partial charge is 0.181 e. The molecular formula is C13H15Cl2N3O2S. The monoisotopic (exact) mass is 347 g/mol. The van der Waals surface area contributed by atoms with Crippen molar-refractivity contribution < 1.29 is 9.47 Å². The minimum absolute atomic E-state index is 0.412. The molecule has 2 heterocycles. The topological polar surface area (TPSA) is 60.6 Å². The lowest BCUT2D eigenvalue weighted by atomic mass is 10.3. The molecule has 0 amide bonds. The average Bonchev–Trinajstić information content (AvgIpc) is 2.86. The van der Waals surface area contributed by atoms with Gasteiger partial charge in [0.1, 0.15) is 17.4 Å². The molecule has 1 aliphatic heterocycles. The van der Waals surface area contributed by atoms with Crippen molar-refractivity contribution in [3.63, 3.8) is 0 Å². The van der Waals surface area contributed by atoms with Gasteiger partial charge in [-0.15, -0.1) is 0 Å². The summed E-state index contributed by atoms with van der Waals surface area (Å²) < 4.78 is 11.9. The molecule has 1 saturated heterocycles. The minimum Gasteiger partial charge on any atom is -0.491 e. The van der Waals surface area contributed by atoms with Gasteiger partial charge in [0, 0.05) is 25.7 Å². The maximum Gasteiger partial charge on any atom is 0.181 e. The lowest BCUT2D eigenvalue weighted by Crippen LogP contribution is -2.38. The third-order valence-electron chi connectivity index (χ3n) is 3.31. The maximum atomic E-state index is 6.25. The highest BCUT2D eigenvalue weighted by molar-refractivity contribution is 7.22. The van der Waals surface area contributed by atoms with Gasteiger partial charge < -0.3 is 15.2 Å². The zero-order valence-corrected chi connectivity index (χ0v) is 13.6. The quantitative estimate of drug-likeness (QED) is 0.921. The van der Waals surface area contributed by atoms with Gasteiger partial charge in [0.15, 0.2) is 5.13 Å². The predicted octanol–water partition coefficient (Wildman–Crippen LogP) is 2.90. The van der Waals surface area contributed by atoms with E-state index in [4.69, 9.17) is 38.4 Å². The molecule has 1 aliphatic rings. The van der Waals surface area contributed by atoms with Gasteiger partial charge in [0.25, 0.3) is 0 Å². The van der Waals surface area contributed by atoms with E-state index < -0.39 is 0 Å². The van der Waals surface area contributed by atoms with E-state index in [-0.39, 0.29) is 0 Å². The third-order valence-corrected chi connectivity index (χ3v) is 5.19. The Bertz CT molecular complexity index is 644. The van der Waals surface area contributed by atoms with E-state index in [1.54, 1.807) is 6.07 Å². The first-order valence-corrected chi connectivity index (χ1v) is 8.19. The zero-order valence-electron chi connectivity index (χ0n) is 11.3. The molecule has 2 aromatic rings. The van der Waals surface area contributed by atoms with Gasteiger partial charge in [-0.1, -0.05) is 34.5 Å². The van der Waals surface area contributed by atoms with Crippen molar-refractivity contribution >= 4 is 49.9 Å². The highest BCUT2D eigenvalue weighted by Gasteiger charge is 2.16. The molecule has 2 N–H and O–H groups in total. The average molecular weight is 348 g/mol. The molecule has 0 radical (unpaired) electrons. The number of aromatic nitrogens is 1. The summed E-state index contributed by atoms with van der Waals surface area (Å²) in [6.45, 7) is 4.78. The van der Waals surface area contributed by atoms with Crippen LogP contribution in [-0.2, 0) is 4.74 Å². The molecule has 21 heavy (non-hydrogen) atoms. The van der Waals surface area contributed by atoms with Crippen LogP contribution < -0.4 is 10.5 Å². The summed E-state index contributed by atoms with van der Waals surface area (Å²) in [5.41, 5.74) is 6.42. The number of thiazole rings is 1. The molecule has 0 atom stereocenters. The summed E-state index contributed by atoms with van der Waals surface area (Å²) in [5, 5.41) is 1.33. The van der Waals surface area contributed by atoms with E-state index in [0.29, 0.717) is 33.0 Å². The molecule has 0 unspecified atom stereocenters. The number of morpholine rings is 1. The predicted molar refractivity (Wildman–Crippen MR) is 86.8 cm³/mol. The Morgan fingerprint density at radius 1 is 1.33 bits per heavy atom. The molecule has 0 saturated carbocycles. The normalized spacial score (nSPS) is 16.5. The van der Waals surface area contributed by atoms with Crippen molar-refractivity contribution in [2.75, 3.05) is 45.2 Å². The lowest BCUT2D eigenvalue weighted by molar-refractivity contribution is 0.0322. The van der Waals surface area contributed by atoms with Crippen LogP contribution in [0.3, 0.4) is 0 Å². The number of ether oxygens (including phenoxy) is 2. The molecule has 1 aromatic carbocycles. The number of nitrogens with two attached hydrogens (primary N) is 1. The lowest BCUT2D eigenvalue weighted by Gasteiger charge is -2.26. The SMILES string of the molecule is Nc1nc2cc(OCCN3CCOCC3)c(Cl)c(Cl)c2s1. The van der Waals surface area contributed by atoms with Crippen LogP contribution in [0.2, 0.25) is 10.0 Å². The largest absolute Gasteiger partial charge is 0.491 e. The number of rotatable bonds is 4. The van der Waals surface area contributed by atoms with Crippen LogP contribution in [0.4, 0.5) is 5.13 Å². The number of hydrogen-bond acceptors (Lipinski definition) is 6. The van der Waals surface area contributed by atoms with E-state index in [2.05, 4.69) is 9.88 Å². The van der Waals surface area contributed by atoms with Crippen LogP contribution in [0.1, 0.15) is 0 Å². The van der Waals surface area contributed by atoms with Crippen molar-refractivity contribution in [2.24, 2.45) is 0 Å². The van der Waals surface area contributed by atoms with Gasteiger partial charge in [-0.25, -0.2) is 4.98 Å². The Labute approximate surface area is 136 Å². The van der Waals surface area contributed by atoms with Gasteiger partial charge >= 0.3 is 0 Å². The highest BCUT2D eigenvalue weighted by atomic mass is 35.5. The van der Waals surface area contributed by atoms with Crippen LogP contribution in [0, 0.1) is 0 Å².